The number of hydrogen-bond donors (Lipinski definition) is 2. The van der Waals surface area contributed by atoms with E-state index < -0.39 is 6.04 Å². The number of carbonyl (C=O) groups excluding carboxylic acids is 2. The Kier molecular flexibility index (Phi) is 6.97. The van der Waals surface area contributed by atoms with Crippen LogP contribution in [-0.4, -0.2) is 54.5 Å². The van der Waals surface area contributed by atoms with E-state index in [0.29, 0.717) is 24.9 Å². The second kappa shape index (κ2) is 8.98. The Hall–Kier alpha value is -2.15. The highest BCUT2D eigenvalue weighted by atomic mass is 16.5. The number of amides is 2. The smallest absolute Gasteiger partial charge is 0.237 e. The number of aryl methyl sites for hydroxylation is 2. The van der Waals surface area contributed by atoms with Crippen molar-refractivity contribution >= 4 is 11.8 Å². The van der Waals surface area contributed by atoms with Crippen molar-refractivity contribution in [2.45, 2.75) is 46.7 Å². The first-order valence-corrected chi connectivity index (χ1v) is 9.11. The molecule has 0 unspecified atom stereocenters. The van der Waals surface area contributed by atoms with Gasteiger partial charge in [-0.3, -0.25) is 14.5 Å². The summed E-state index contributed by atoms with van der Waals surface area (Å²) in [4.78, 5) is 31.1. The monoisotopic (exact) mass is 362 g/mol. The molecule has 7 heteroatoms. The molecular weight excluding hydrogens is 332 g/mol. The predicted octanol–water partition coefficient (Wildman–Crippen LogP) is 1.17. The minimum Gasteiger partial charge on any atom is -0.481 e. The van der Waals surface area contributed by atoms with Gasteiger partial charge in [-0.2, -0.15) is 0 Å². The molecule has 0 aliphatic carbocycles. The molecule has 1 saturated heterocycles. The minimum absolute atomic E-state index is 0.0715. The molecule has 0 spiro atoms. The van der Waals surface area contributed by atoms with Gasteiger partial charge in [0.25, 0.3) is 0 Å². The minimum atomic E-state index is -0.412. The van der Waals surface area contributed by atoms with Gasteiger partial charge >= 0.3 is 0 Å². The van der Waals surface area contributed by atoms with Gasteiger partial charge in [0.05, 0.1) is 19.6 Å². The van der Waals surface area contributed by atoms with Crippen molar-refractivity contribution < 1.29 is 14.3 Å². The summed E-state index contributed by atoms with van der Waals surface area (Å²) in [6, 6.07) is 1.55. The lowest BCUT2D eigenvalue weighted by Gasteiger charge is -2.35. The van der Waals surface area contributed by atoms with E-state index in [1.165, 1.54) is 0 Å². The van der Waals surface area contributed by atoms with E-state index in [1.54, 1.807) is 7.11 Å². The van der Waals surface area contributed by atoms with E-state index in [-0.39, 0.29) is 18.2 Å². The molecule has 2 N–H and O–H groups in total. The zero-order valence-electron chi connectivity index (χ0n) is 16.4. The highest BCUT2D eigenvalue weighted by Crippen LogP contribution is 2.20. The normalized spacial score (nSPS) is 17.9. The number of carbonyl (C=O) groups is 2. The fraction of sp³-hybridized carbons (Fsp3) is 0.632. The second-order valence-corrected chi connectivity index (χ2v) is 7.24. The number of aromatic nitrogens is 1. The third kappa shape index (κ3) is 5.17. The molecule has 26 heavy (non-hydrogen) atoms. The Bertz CT molecular complexity index is 660. The van der Waals surface area contributed by atoms with Gasteiger partial charge in [0.1, 0.15) is 0 Å². The first-order chi connectivity index (χ1) is 12.3. The van der Waals surface area contributed by atoms with Gasteiger partial charge in [0.2, 0.25) is 17.7 Å². The Balaban J connectivity index is 2.00. The van der Waals surface area contributed by atoms with Crippen molar-refractivity contribution in [3.63, 3.8) is 0 Å². The van der Waals surface area contributed by atoms with Crippen LogP contribution >= 0.6 is 0 Å². The Labute approximate surface area is 155 Å². The predicted molar refractivity (Wildman–Crippen MR) is 99.9 cm³/mol. The van der Waals surface area contributed by atoms with E-state index >= 15 is 0 Å². The van der Waals surface area contributed by atoms with Crippen molar-refractivity contribution in [1.82, 2.24) is 20.5 Å². The van der Waals surface area contributed by atoms with Crippen LogP contribution in [0.5, 0.6) is 5.88 Å². The maximum atomic E-state index is 12.5. The molecule has 0 bridgehead atoms. The molecule has 0 aromatic carbocycles. The molecule has 1 atom stereocenters. The zero-order chi connectivity index (χ0) is 19.3. The average molecular weight is 362 g/mol. The SMILES string of the molecule is COc1nc(C)cc(C)c1CNC(=O)C[C@@H]1C(=O)NCCN1CC(C)C. The van der Waals surface area contributed by atoms with Gasteiger partial charge in [0.15, 0.2) is 0 Å². The summed E-state index contributed by atoms with van der Waals surface area (Å²) in [6.07, 6.45) is 0.152. The van der Waals surface area contributed by atoms with Gasteiger partial charge in [-0.1, -0.05) is 13.8 Å². The molecule has 2 rings (SSSR count). The van der Waals surface area contributed by atoms with Crippen LogP contribution in [0.15, 0.2) is 6.07 Å². The van der Waals surface area contributed by atoms with Crippen molar-refractivity contribution in [2.75, 3.05) is 26.7 Å². The Morgan fingerprint density at radius 2 is 2.19 bits per heavy atom. The largest absolute Gasteiger partial charge is 0.481 e. The molecule has 1 aromatic heterocycles. The third-order valence-electron chi connectivity index (χ3n) is 4.51. The van der Waals surface area contributed by atoms with Gasteiger partial charge in [-0.15, -0.1) is 0 Å². The van der Waals surface area contributed by atoms with Gasteiger partial charge < -0.3 is 15.4 Å². The molecule has 1 aromatic rings. The summed E-state index contributed by atoms with van der Waals surface area (Å²) in [5, 5.41) is 5.77. The molecule has 1 fully saturated rings. The maximum Gasteiger partial charge on any atom is 0.237 e. The highest BCUT2D eigenvalue weighted by Gasteiger charge is 2.31. The number of hydrogen-bond acceptors (Lipinski definition) is 5. The number of rotatable bonds is 7. The molecule has 1 aliphatic heterocycles. The maximum absolute atomic E-state index is 12.5. The van der Waals surface area contributed by atoms with Crippen molar-refractivity contribution in [1.29, 1.82) is 0 Å². The Morgan fingerprint density at radius 1 is 1.46 bits per heavy atom. The van der Waals surface area contributed by atoms with E-state index in [9.17, 15) is 9.59 Å². The molecule has 2 heterocycles. The van der Waals surface area contributed by atoms with Gasteiger partial charge in [-0.25, -0.2) is 4.98 Å². The van der Waals surface area contributed by atoms with Crippen LogP contribution in [0.4, 0.5) is 0 Å². The van der Waals surface area contributed by atoms with Crippen LogP contribution in [0, 0.1) is 19.8 Å². The van der Waals surface area contributed by atoms with E-state index in [0.717, 1.165) is 29.9 Å². The number of piperazine rings is 1. The molecule has 0 saturated carbocycles. The van der Waals surface area contributed by atoms with Crippen LogP contribution < -0.4 is 15.4 Å². The van der Waals surface area contributed by atoms with Gasteiger partial charge in [0, 0.05) is 37.4 Å². The number of nitrogens with one attached hydrogen (secondary N) is 2. The van der Waals surface area contributed by atoms with Crippen LogP contribution in [0.3, 0.4) is 0 Å². The van der Waals surface area contributed by atoms with E-state index in [1.807, 2.05) is 19.9 Å². The van der Waals surface area contributed by atoms with Crippen LogP contribution in [-0.2, 0) is 16.1 Å². The van der Waals surface area contributed by atoms with Gasteiger partial charge in [-0.05, 0) is 31.4 Å². The first kappa shape index (κ1) is 20.2. The first-order valence-electron chi connectivity index (χ1n) is 9.11. The summed E-state index contributed by atoms with van der Waals surface area (Å²) < 4.78 is 5.33. The lowest BCUT2D eigenvalue weighted by molar-refractivity contribution is -0.134. The molecule has 1 aliphatic rings. The standard InChI is InChI=1S/C19H30N4O3/c1-12(2)11-23-7-6-20-18(25)16(23)9-17(24)21-10-15-13(3)8-14(4)22-19(15)26-5/h8,12,16H,6-7,9-11H2,1-5H3,(H,20,25)(H,21,24)/t16-/m1/s1. The Morgan fingerprint density at radius 3 is 2.85 bits per heavy atom. The molecule has 2 amide bonds. The zero-order valence-corrected chi connectivity index (χ0v) is 16.4. The van der Waals surface area contributed by atoms with Crippen LogP contribution in [0.25, 0.3) is 0 Å². The average Bonchev–Trinajstić information content (AvgIpc) is 2.56. The quantitative estimate of drug-likeness (QED) is 0.761. The van der Waals surface area contributed by atoms with E-state index in [4.69, 9.17) is 4.74 Å². The second-order valence-electron chi connectivity index (χ2n) is 7.24. The highest BCUT2D eigenvalue weighted by molar-refractivity contribution is 5.88. The van der Waals surface area contributed by atoms with E-state index in [2.05, 4.69) is 34.4 Å². The van der Waals surface area contributed by atoms with Crippen molar-refractivity contribution in [3.05, 3.63) is 22.9 Å². The lowest BCUT2D eigenvalue weighted by Crippen LogP contribution is -2.57. The molecule has 7 nitrogen and oxygen atoms in total. The van der Waals surface area contributed by atoms with Crippen molar-refractivity contribution in [3.8, 4) is 5.88 Å². The third-order valence-corrected chi connectivity index (χ3v) is 4.51. The summed E-state index contributed by atoms with van der Waals surface area (Å²) in [5.74, 6) is 0.747. The molecular formula is C19H30N4O3. The van der Waals surface area contributed by atoms with Crippen LogP contribution in [0.2, 0.25) is 0 Å². The van der Waals surface area contributed by atoms with Crippen molar-refractivity contribution in [2.24, 2.45) is 5.92 Å². The number of nitrogens with zero attached hydrogens (tertiary/aromatic N) is 2. The number of ether oxygens (including phenoxy) is 1. The fourth-order valence-corrected chi connectivity index (χ4v) is 3.32. The number of pyridine rings is 1. The summed E-state index contributed by atoms with van der Waals surface area (Å²) in [6.45, 7) is 10.7. The fourth-order valence-electron chi connectivity index (χ4n) is 3.32. The summed E-state index contributed by atoms with van der Waals surface area (Å²) >= 11 is 0. The van der Waals surface area contributed by atoms with Crippen LogP contribution in [0.1, 0.15) is 37.1 Å². The number of methoxy groups -OCH3 is 1. The molecule has 144 valence electrons. The summed E-state index contributed by atoms with van der Waals surface area (Å²) in [5.41, 5.74) is 2.75. The topological polar surface area (TPSA) is 83.6 Å². The summed E-state index contributed by atoms with van der Waals surface area (Å²) in [7, 11) is 1.57. The molecule has 0 radical (unpaired) electrons. The lowest BCUT2D eigenvalue weighted by atomic mass is 10.1.